The van der Waals surface area contributed by atoms with Gasteiger partial charge in [-0.3, -0.25) is 0 Å². The van der Waals surface area contributed by atoms with E-state index in [4.69, 9.17) is 5.73 Å². The lowest BCUT2D eigenvalue weighted by Crippen LogP contribution is -2.32. The summed E-state index contributed by atoms with van der Waals surface area (Å²) in [6.07, 6.45) is -2.82. The minimum atomic E-state index is -4.20. The topological polar surface area (TPSA) is 63.4 Å². The lowest BCUT2D eigenvalue weighted by Gasteiger charge is -2.17. The maximum atomic E-state index is 13.1. The van der Waals surface area contributed by atoms with Crippen LogP contribution in [0.1, 0.15) is 0 Å². The molecule has 1 rings (SSSR count). The highest BCUT2D eigenvalue weighted by Crippen LogP contribution is 2.24. The Labute approximate surface area is 96.9 Å². The molecule has 0 saturated heterocycles. The number of rotatable bonds is 4. The fourth-order valence-electron chi connectivity index (χ4n) is 1.20. The van der Waals surface area contributed by atoms with Crippen molar-refractivity contribution in [3.63, 3.8) is 0 Å². The number of nitrogen functional groups attached to an aromatic ring is 1. The molecule has 0 radical (unpaired) electrons. The number of halogens is 3. The Bertz CT molecular complexity index is 505. The van der Waals surface area contributed by atoms with Crippen LogP contribution in [0.25, 0.3) is 0 Å². The van der Waals surface area contributed by atoms with Gasteiger partial charge in [0.25, 0.3) is 6.43 Å². The Hall–Kier alpha value is -1.28. The van der Waals surface area contributed by atoms with Crippen molar-refractivity contribution in [2.24, 2.45) is 0 Å². The van der Waals surface area contributed by atoms with Gasteiger partial charge in [0, 0.05) is 7.05 Å². The maximum Gasteiger partial charge on any atom is 0.252 e. The van der Waals surface area contributed by atoms with Crippen molar-refractivity contribution in [1.29, 1.82) is 0 Å². The Morgan fingerprint density at radius 3 is 2.53 bits per heavy atom. The predicted molar refractivity (Wildman–Crippen MR) is 56.6 cm³/mol. The number of anilines is 1. The summed E-state index contributed by atoms with van der Waals surface area (Å²) in [6.45, 7) is -0.974. The van der Waals surface area contributed by atoms with Crippen LogP contribution in [-0.4, -0.2) is 32.7 Å². The third-order valence-corrected chi connectivity index (χ3v) is 3.98. The molecule has 0 aliphatic heterocycles. The number of alkyl halides is 2. The van der Waals surface area contributed by atoms with Gasteiger partial charge in [0.1, 0.15) is 10.7 Å². The van der Waals surface area contributed by atoms with Crippen LogP contribution >= 0.6 is 0 Å². The first kappa shape index (κ1) is 13.8. The average Bonchev–Trinajstić information content (AvgIpc) is 2.20. The van der Waals surface area contributed by atoms with Crippen LogP contribution in [0.5, 0.6) is 0 Å². The molecule has 8 heteroatoms. The fourth-order valence-corrected chi connectivity index (χ4v) is 2.47. The van der Waals surface area contributed by atoms with Crippen LogP contribution in [-0.2, 0) is 10.0 Å². The van der Waals surface area contributed by atoms with E-state index < -0.39 is 39.4 Å². The molecular formula is C9H11F3N2O2S. The van der Waals surface area contributed by atoms with Crippen LogP contribution in [0.2, 0.25) is 0 Å². The van der Waals surface area contributed by atoms with Crippen molar-refractivity contribution >= 4 is 15.7 Å². The number of nitrogens with zero attached hydrogens (tertiary/aromatic N) is 1. The summed E-state index contributed by atoms with van der Waals surface area (Å²) in [5, 5.41) is 0. The van der Waals surface area contributed by atoms with Crippen LogP contribution in [0, 0.1) is 5.82 Å². The smallest absolute Gasteiger partial charge is 0.252 e. The zero-order valence-corrected chi connectivity index (χ0v) is 9.72. The van der Waals surface area contributed by atoms with Gasteiger partial charge in [-0.25, -0.2) is 21.6 Å². The van der Waals surface area contributed by atoms with Gasteiger partial charge in [-0.1, -0.05) is 6.07 Å². The van der Waals surface area contributed by atoms with Gasteiger partial charge in [0.15, 0.2) is 0 Å². The number of sulfonamides is 1. The summed E-state index contributed by atoms with van der Waals surface area (Å²) < 4.78 is 61.3. The second-order valence-corrected chi connectivity index (χ2v) is 5.34. The Balaban J connectivity index is 3.18. The molecule has 0 aromatic heterocycles. The molecule has 0 saturated carbocycles. The molecule has 0 unspecified atom stereocenters. The summed E-state index contributed by atoms with van der Waals surface area (Å²) in [4.78, 5) is -0.513. The minimum absolute atomic E-state index is 0.433. The van der Waals surface area contributed by atoms with Gasteiger partial charge in [-0.2, -0.15) is 4.31 Å². The zero-order valence-electron chi connectivity index (χ0n) is 8.90. The minimum Gasteiger partial charge on any atom is -0.395 e. The second-order valence-electron chi connectivity index (χ2n) is 3.33. The zero-order chi connectivity index (χ0) is 13.2. The molecule has 96 valence electrons. The molecule has 0 aliphatic carbocycles. The van der Waals surface area contributed by atoms with Crippen molar-refractivity contribution in [3.05, 3.63) is 24.0 Å². The third kappa shape index (κ3) is 2.89. The second kappa shape index (κ2) is 4.92. The standard InChI is InChI=1S/C9H11F3N2O2S/c1-14(5-8(11)12)17(15,16)7-4-2-3-6(10)9(7)13/h2-4,8H,5,13H2,1H3. The monoisotopic (exact) mass is 268 g/mol. The van der Waals surface area contributed by atoms with E-state index in [-0.39, 0.29) is 0 Å². The van der Waals surface area contributed by atoms with E-state index in [1.54, 1.807) is 0 Å². The number of hydrogen-bond donors (Lipinski definition) is 1. The first-order valence-corrected chi connectivity index (χ1v) is 5.99. The lowest BCUT2D eigenvalue weighted by atomic mass is 10.3. The molecule has 2 N–H and O–H groups in total. The van der Waals surface area contributed by atoms with Crippen molar-refractivity contribution < 1.29 is 21.6 Å². The van der Waals surface area contributed by atoms with E-state index in [0.29, 0.717) is 4.31 Å². The molecule has 0 aliphatic rings. The van der Waals surface area contributed by atoms with Crippen LogP contribution in [0.15, 0.2) is 23.1 Å². The first-order valence-electron chi connectivity index (χ1n) is 4.55. The van der Waals surface area contributed by atoms with Crippen LogP contribution in [0.3, 0.4) is 0 Å². The summed E-state index contributed by atoms with van der Waals surface area (Å²) in [7, 11) is -3.22. The molecule has 1 aromatic carbocycles. The van der Waals surface area contributed by atoms with Gasteiger partial charge >= 0.3 is 0 Å². The molecule has 4 nitrogen and oxygen atoms in total. The summed E-state index contributed by atoms with van der Waals surface area (Å²) >= 11 is 0. The molecule has 0 amide bonds. The lowest BCUT2D eigenvalue weighted by molar-refractivity contribution is 0.126. The Morgan fingerprint density at radius 1 is 1.41 bits per heavy atom. The third-order valence-electron chi connectivity index (χ3n) is 2.10. The molecule has 0 atom stereocenters. The first-order chi connectivity index (χ1) is 7.76. The van der Waals surface area contributed by atoms with Gasteiger partial charge < -0.3 is 5.73 Å². The highest BCUT2D eigenvalue weighted by atomic mass is 32.2. The van der Waals surface area contributed by atoms with Gasteiger partial charge in [0.05, 0.1) is 12.2 Å². The van der Waals surface area contributed by atoms with Gasteiger partial charge in [0.2, 0.25) is 10.0 Å². The molecule has 0 spiro atoms. The van der Waals surface area contributed by atoms with Gasteiger partial charge in [-0.05, 0) is 12.1 Å². The molecule has 1 aromatic rings. The molecule has 17 heavy (non-hydrogen) atoms. The number of para-hydroxylation sites is 1. The summed E-state index contributed by atoms with van der Waals surface area (Å²) in [5.74, 6) is -0.906. The summed E-state index contributed by atoms with van der Waals surface area (Å²) in [6, 6.07) is 3.20. The number of hydrogen-bond acceptors (Lipinski definition) is 3. The quantitative estimate of drug-likeness (QED) is 0.837. The fraction of sp³-hybridized carbons (Fsp3) is 0.333. The Morgan fingerprint density at radius 2 is 2.00 bits per heavy atom. The van der Waals surface area contributed by atoms with E-state index in [1.165, 1.54) is 0 Å². The normalized spacial score (nSPS) is 12.4. The largest absolute Gasteiger partial charge is 0.395 e. The van der Waals surface area contributed by atoms with E-state index in [0.717, 1.165) is 25.2 Å². The van der Waals surface area contributed by atoms with E-state index in [2.05, 4.69) is 0 Å². The Kier molecular flexibility index (Phi) is 3.99. The molecule has 0 heterocycles. The highest BCUT2D eigenvalue weighted by Gasteiger charge is 2.26. The highest BCUT2D eigenvalue weighted by molar-refractivity contribution is 7.89. The predicted octanol–water partition coefficient (Wildman–Crippen LogP) is 1.29. The van der Waals surface area contributed by atoms with Crippen molar-refractivity contribution in [3.8, 4) is 0 Å². The molecule has 0 bridgehead atoms. The van der Waals surface area contributed by atoms with Gasteiger partial charge in [-0.15, -0.1) is 0 Å². The molecule has 0 fully saturated rings. The number of benzene rings is 1. The van der Waals surface area contributed by atoms with Crippen molar-refractivity contribution in [2.45, 2.75) is 11.3 Å². The van der Waals surface area contributed by atoms with E-state index in [9.17, 15) is 21.6 Å². The number of nitrogens with two attached hydrogens (primary N) is 1. The van der Waals surface area contributed by atoms with Crippen molar-refractivity contribution in [2.75, 3.05) is 19.3 Å². The van der Waals surface area contributed by atoms with Crippen molar-refractivity contribution in [1.82, 2.24) is 4.31 Å². The van der Waals surface area contributed by atoms with E-state index in [1.807, 2.05) is 0 Å². The van der Waals surface area contributed by atoms with E-state index >= 15 is 0 Å². The summed E-state index contributed by atoms with van der Waals surface area (Å²) in [5.41, 5.74) is 4.69. The SMILES string of the molecule is CN(CC(F)F)S(=O)(=O)c1cccc(F)c1N. The van der Waals surface area contributed by atoms with Crippen LogP contribution < -0.4 is 5.73 Å². The average molecular weight is 268 g/mol. The van der Waals surface area contributed by atoms with Crippen LogP contribution in [0.4, 0.5) is 18.9 Å². The maximum absolute atomic E-state index is 13.1. The molecular weight excluding hydrogens is 257 g/mol.